The molecule has 1 N–H and O–H groups in total. The highest BCUT2D eigenvalue weighted by molar-refractivity contribution is 7.91. The maximum absolute atomic E-state index is 12.3. The first-order chi connectivity index (χ1) is 8.46. The van der Waals surface area contributed by atoms with E-state index in [1.165, 1.54) is 0 Å². The van der Waals surface area contributed by atoms with Crippen molar-refractivity contribution in [2.75, 3.05) is 24.6 Å². The van der Waals surface area contributed by atoms with Crippen LogP contribution in [0.1, 0.15) is 46.0 Å². The van der Waals surface area contributed by atoms with Crippen molar-refractivity contribution in [3.8, 4) is 0 Å². The minimum Gasteiger partial charge on any atom is -0.316 e. The van der Waals surface area contributed by atoms with Crippen LogP contribution in [0, 0.1) is 5.41 Å². The quantitative estimate of drug-likeness (QED) is 0.765. The summed E-state index contributed by atoms with van der Waals surface area (Å²) in [5.74, 6) is 0.549. The Kier molecular flexibility index (Phi) is 5.79. The number of sulfone groups is 1. The molecule has 1 atom stereocenters. The Morgan fingerprint density at radius 3 is 2.56 bits per heavy atom. The van der Waals surface area contributed by atoms with E-state index in [2.05, 4.69) is 5.32 Å². The van der Waals surface area contributed by atoms with Gasteiger partial charge in [-0.2, -0.15) is 0 Å². The zero-order valence-corrected chi connectivity index (χ0v) is 12.3. The van der Waals surface area contributed by atoms with Gasteiger partial charge >= 0.3 is 0 Å². The molecule has 0 spiro atoms. The SMILES string of the molecule is CCC1(C(=O)CCCS(=O)(=O)CC)CCCNC1. The van der Waals surface area contributed by atoms with Crippen LogP contribution in [0.5, 0.6) is 0 Å². The van der Waals surface area contributed by atoms with Crippen molar-refractivity contribution < 1.29 is 13.2 Å². The zero-order valence-electron chi connectivity index (χ0n) is 11.5. The number of nitrogens with one attached hydrogen (secondary N) is 1. The number of carbonyl (C=O) groups excluding carboxylic acids is 1. The van der Waals surface area contributed by atoms with Crippen LogP contribution in [0.15, 0.2) is 0 Å². The van der Waals surface area contributed by atoms with Gasteiger partial charge in [-0.1, -0.05) is 13.8 Å². The van der Waals surface area contributed by atoms with E-state index in [4.69, 9.17) is 0 Å². The average Bonchev–Trinajstić information content (AvgIpc) is 2.39. The summed E-state index contributed by atoms with van der Waals surface area (Å²) in [5.41, 5.74) is -0.242. The monoisotopic (exact) mass is 275 g/mol. The number of hydrogen-bond acceptors (Lipinski definition) is 4. The van der Waals surface area contributed by atoms with E-state index in [0.29, 0.717) is 12.8 Å². The molecule has 0 saturated carbocycles. The van der Waals surface area contributed by atoms with E-state index < -0.39 is 9.84 Å². The fourth-order valence-electron chi connectivity index (χ4n) is 2.57. The second-order valence-corrected chi connectivity index (χ2v) is 7.65. The minimum atomic E-state index is -2.94. The van der Waals surface area contributed by atoms with Crippen molar-refractivity contribution in [1.82, 2.24) is 5.32 Å². The molecule has 0 aromatic carbocycles. The molecule has 1 aliphatic rings. The van der Waals surface area contributed by atoms with E-state index in [1.54, 1.807) is 6.92 Å². The molecule has 0 radical (unpaired) electrons. The maximum Gasteiger partial charge on any atom is 0.150 e. The normalized spacial score (nSPS) is 25.0. The van der Waals surface area contributed by atoms with Gasteiger partial charge in [-0.15, -0.1) is 0 Å². The first kappa shape index (κ1) is 15.6. The molecule has 1 aliphatic heterocycles. The van der Waals surface area contributed by atoms with Crippen molar-refractivity contribution in [2.24, 2.45) is 5.41 Å². The molecule has 0 aromatic heterocycles. The lowest BCUT2D eigenvalue weighted by molar-refractivity contribution is -0.130. The van der Waals surface area contributed by atoms with Gasteiger partial charge in [0.15, 0.2) is 0 Å². The molecule has 0 aliphatic carbocycles. The molecular weight excluding hydrogens is 250 g/mol. The standard InChI is InChI=1S/C13H25NO3S/c1-3-13(8-6-9-14-11-13)12(15)7-5-10-18(16,17)4-2/h14H,3-11H2,1-2H3. The number of hydrogen-bond donors (Lipinski definition) is 1. The molecule has 1 unspecified atom stereocenters. The van der Waals surface area contributed by atoms with Crippen LogP contribution < -0.4 is 5.32 Å². The molecule has 1 heterocycles. The van der Waals surface area contributed by atoms with Crippen LogP contribution in [0.2, 0.25) is 0 Å². The number of Topliss-reactive ketones (excluding diaryl/α,β-unsaturated/α-hetero) is 1. The smallest absolute Gasteiger partial charge is 0.150 e. The first-order valence-electron chi connectivity index (χ1n) is 6.90. The molecule has 1 fully saturated rings. The van der Waals surface area contributed by atoms with Gasteiger partial charge in [-0.05, 0) is 32.2 Å². The highest BCUT2D eigenvalue weighted by atomic mass is 32.2. The zero-order chi connectivity index (χ0) is 13.6. The second-order valence-electron chi connectivity index (χ2n) is 5.18. The summed E-state index contributed by atoms with van der Waals surface area (Å²) < 4.78 is 22.8. The summed E-state index contributed by atoms with van der Waals surface area (Å²) in [6.07, 6.45) is 3.69. The lowest BCUT2D eigenvalue weighted by atomic mass is 9.73. The second kappa shape index (κ2) is 6.66. The molecule has 0 aromatic rings. The average molecular weight is 275 g/mol. The van der Waals surface area contributed by atoms with E-state index >= 15 is 0 Å². The highest BCUT2D eigenvalue weighted by Crippen LogP contribution is 2.32. The largest absolute Gasteiger partial charge is 0.316 e. The Bertz CT molecular complexity index is 370. The molecular formula is C13H25NO3S. The number of piperidine rings is 1. The third-order valence-electron chi connectivity index (χ3n) is 4.04. The van der Waals surface area contributed by atoms with Gasteiger partial charge < -0.3 is 5.32 Å². The Morgan fingerprint density at radius 1 is 1.33 bits per heavy atom. The van der Waals surface area contributed by atoms with Crippen molar-refractivity contribution in [3.05, 3.63) is 0 Å². The van der Waals surface area contributed by atoms with E-state index in [1.807, 2.05) is 6.92 Å². The lowest BCUT2D eigenvalue weighted by Crippen LogP contribution is -2.45. The summed E-state index contributed by atoms with van der Waals surface area (Å²) in [5, 5.41) is 3.29. The van der Waals surface area contributed by atoms with Crippen LogP contribution >= 0.6 is 0 Å². The van der Waals surface area contributed by atoms with Gasteiger partial charge in [-0.3, -0.25) is 4.79 Å². The lowest BCUT2D eigenvalue weighted by Gasteiger charge is -2.35. The maximum atomic E-state index is 12.3. The Morgan fingerprint density at radius 2 is 2.06 bits per heavy atom. The summed E-state index contributed by atoms with van der Waals surface area (Å²) >= 11 is 0. The van der Waals surface area contributed by atoms with E-state index in [9.17, 15) is 13.2 Å². The van der Waals surface area contributed by atoms with Gasteiger partial charge in [0.25, 0.3) is 0 Å². The molecule has 5 heteroatoms. The minimum absolute atomic E-state index is 0.141. The molecule has 106 valence electrons. The van der Waals surface area contributed by atoms with Crippen LogP contribution in [-0.4, -0.2) is 38.8 Å². The molecule has 1 saturated heterocycles. The van der Waals surface area contributed by atoms with Crippen LogP contribution in [-0.2, 0) is 14.6 Å². The fraction of sp³-hybridized carbons (Fsp3) is 0.923. The van der Waals surface area contributed by atoms with Crippen molar-refractivity contribution in [3.63, 3.8) is 0 Å². The van der Waals surface area contributed by atoms with Crippen LogP contribution in [0.25, 0.3) is 0 Å². The molecule has 0 amide bonds. The Labute approximate surface area is 110 Å². The Balaban J connectivity index is 2.48. The van der Waals surface area contributed by atoms with Crippen LogP contribution in [0.4, 0.5) is 0 Å². The molecule has 0 bridgehead atoms. The van der Waals surface area contributed by atoms with Crippen molar-refractivity contribution in [1.29, 1.82) is 0 Å². The third kappa shape index (κ3) is 4.05. The number of rotatable bonds is 7. The van der Waals surface area contributed by atoms with E-state index in [-0.39, 0.29) is 22.7 Å². The van der Waals surface area contributed by atoms with Gasteiger partial charge in [0.2, 0.25) is 0 Å². The van der Waals surface area contributed by atoms with Gasteiger partial charge in [0.1, 0.15) is 15.6 Å². The highest BCUT2D eigenvalue weighted by Gasteiger charge is 2.36. The van der Waals surface area contributed by atoms with E-state index in [0.717, 1.165) is 32.4 Å². The van der Waals surface area contributed by atoms with Gasteiger partial charge in [0.05, 0.1) is 5.75 Å². The summed E-state index contributed by atoms with van der Waals surface area (Å²) in [4.78, 5) is 12.3. The number of carbonyl (C=O) groups is 1. The van der Waals surface area contributed by atoms with Gasteiger partial charge in [-0.25, -0.2) is 8.42 Å². The molecule has 4 nitrogen and oxygen atoms in total. The Hall–Kier alpha value is -0.420. The third-order valence-corrected chi connectivity index (χ3v) is 5.83. The van der Waals surface area contributed by atoms with Crippen molar-refractivity contribution >= 4 is 15.6 Å². The van der Waals surface area contributed by atoms with Crippen molar-refractivity contribution in [2.45, 2.75) is 46.0 Å². The summed E-state index contributed by atoms with van der Waals surface area (Å²) in [6.45, 7) is 5.44. The fourth-order valence-corrected chi connectivity index (χ4v) is 3.44. The predicted molar refractivity (Wildman–Crippen MR) is 73.4 cm³/mol. The first-order valence-corrected chi connectivity index (χ1v) is 8.72. The van der Waals surface area contributed by atoms with Crippen LogP contribution in [0.3, 0.4) is 0 Å². The predicted octanol–water partition coefficient (Wildman–Crippen LogP) is 1.55. The summed E-state index contributed by atoms with van der Waals surface area (Å²) in [6, 6.07) is 0. The van der Waals surface area contributed by atoms with Gasteiger partial charge in [0, 0.05) is 24.1 Å². The number of ketones is 1. The summed E-state index contributed by atoms with van der Waals surface area (Å²) in [7, 11) is -2.94. The molecule has 1 rings (SSSR count). The topological polar surface area (TPSA) is 63.2 Å². The molecule has 18 heavy (non-hydrogen) atoms.